The van der Waals surface area contributed by atoms with Crippen LogP contribution in [-0.2, 0) is 9.59 Å². The number of carbonyl (C=O) groups excluding carboxylic acids is 3. The lowest BCUT2D eigenvalue weighted by atomic mass is 10.0. The first-order valence-electron chi connectivity index (χ1n) is 10.2. The van der Waals surface area contributed by atoms with Gasteiger partial charge >= 0.3 is 6.03 Å². The summed E-state index contributed by atoms with van der Waals surface area (Å²) in [5.41, 5.74) is 1.81. The summed E-state index contributed by atoms with van der Waals surface area (Å²) < 4.78 is 0. The number of hydrogen-bond donors (Lipinski definition) is 2. The zero-order chi connectivity index (χ0) is 22.8. The van der Waals surface area contributed by atoms with Gasteiger partial charge in [-0.2, -0.15) is 0 Å². The summed E-state index contributed by atoms with van der Waals surface area (Å²) in [5, 5.41) is 15.7. The van der Waals surface area contributed by atoms with E-state index in [-0.39, 0.29) is 23.7 Å². The number of nitrogens with zero attached hydrogens (tertiary/aromatic N) is 3. The molecule has 4 amide bonds. The maximum atomic E-state index is 13.2. The van der Waals surface area contributed by atoms with Gasteiger partial charge in [-0.25, -0.2) is 9.69 Å². The van der Waals surface area contributed by atoms with Crippen molar-refractivity contribution in [2.45, 2.75) is 6.92 Å². The summed E-state index contributed by atoms with van der Waals surface area (Å²) in [4.78, 5) is 52.0. The lowest BCUT2D eigenvalue weighted by Gasteiger charge is -2.29. The Hall–Kier alpha value is -3.76. The van der Waals surface area contributed by atoms with Crippen LogP contribution in [0, 0.1) is 17.0 Å². The first kappa shape index (κ1) is 23.9. The van der Waals surface area contributed by atoms with E-state index in [0.29, 0.717) is 16.9 Å². The second kappa shape index (κ2) is 9.80. The molecule has 0 bridgehead atoms. The first-order valence-corrected chi connectivity index (χ1v) is 10.2. The molecule has 10 nitrogen and oxygen atoms in total. The molecule has 2 aromatic rings. The Kier molecular flexibility index (Phi) is 7.10. The average Bonchev–Trinajstić information content (AvgIpc) is 2.77. The number of piperazine rings is 1. The zero-order valence-electron chi connectivity index (χ0n) is 17.8. The molecule has 0 aliphatic carbocycles. The molecule has 3 N–H and O–H groups in total. The van der Waals surface area contributed by atoms with Gasteiger partial charge in [0, 0.05) is 23.4 Å². The van der Waals surface area contributed by atoms with Gasteiger partial charge in [-0.05, 0) is 36.8 Å². The van der Waals surface area contributed by atoms with E-state index in [9.17, 15) is 24.5 Å². The number of benzene rings is 2. The number of nitro groups is 1. The van der Waals surface area contributed by atoms with Gasteiger partial charge in [-0.3, -0.25) is 25.0 Å². The third kappa shape index (κ3) is 4.86. The largest absolute Gasteiger partial charge is 1.00 e. The number of urea groups is 1. The lowest BCUT2D eigenvalue weighted by Crippen LogP contribution is -3.00. The van der Waals surface area contributed by atoms with Gasteiger partial charge in [0.05, 0.1) is 36.8 Å². The zero-order valence-corrected chi connectivity index (χ0v) is 18.5. The third-order valence-corrected chi connectivity index (χ3v) is 5.43. The molecule has 33 heavy (non-hydrogen) atoms. The minimum Gasteiger partial charge on any atom is -1.00 e. The standard InChI is InChI=1S/C22H21N5O5.ClH/c1-14-3-2-4-16(11-14)26-21(29)18(20(28)24-22(26)30)13-15-12-17(27(31)32)5-6-19(15)25-9-7-23-8-10-25;/h2-6,11-13,23H,7-10H2,1H3,(H,24,28,30);1H/b18-13-;. The number of aryl methyl sites for hydroxylation is 1. The molecule has 0 radical (unpaired) electrons. The molecule has 2 aliphatic heterocycles. The van der Waals surface area contributed by atoms with Gasteiger partial charge in [0.15, 0.2) is 0 Å². The van der Waals surface area contributed by atoms with Crippen molar-refractivity contribution in [3.05, 3.63) is 69.3 Å². The summed E-state index contributed by atoms with van der Waals surface area (Å²) in [6, 6.07) is 10.3. The van der Waals surface area contributed by atoms with Crippen molar-refractivity contribution in [1.29, 1.82) is 0 Å². The van der Waals surface area contributed by atoms with Crippen LogP contribution in [0.25, 0.3) is 6.08 Å². The number of nitro benzene ring substituents is 1. The quantitative estimate of drug-likeness (QED) is 0.229. The Morgan fingerprint density at radius 2 is 1.82 bits per heavy atom. The number of barbiturate groups is 1. The highest BCUT2D eigenvalue weighted by atomic mass is 35.5. The van der Waals surface area contributed by atoms with Crippen molar-refractivity contribution in [3.8, 4) is 0 Å². The molecule has 2 aromatic carbocycles. The van der Waals surface area contributed by atoms with E-state index in [1.54, 1.807) is 24.3 Å². The highest BCUT2D eigenvalue weighted by molar-refractivity contribution is 6.39. The molecule has 0 atom stereocenters. The van der Waals surface area contributed by atoms with Crippen molar-refractivity contribution in [1.82, 2.24) is 5.32 Å². The number of quaternary nitrogens is 1. The number of imide groups is 2. The maximum Gasteiger partial charge on any atom is 0.335 e. The molecule has 0 unspecified atom stereocenters. The van der Waals surface area contributed by atoms with Crippen LogP contribution in [0.4, 0.5) is 21.9 Å². The number of rotatable bonds is 4. The van der Waals surface area contributed by atoms with Crippen LogP contribution >= 0.6 is 0 Å². The molecule has 2 aliphatic rings. The maximum absolute atomic E-state index is 13.2. The molecule has 2 heterocycles. The summed E-state index contributed by atoms with van der Waals surface area (Å²) in [7, 11) is 0. The third-order valence-electron chi connectivity index (χ3n) is 5.43. The number of nitrogens with two attached hydrogens (primary N) is 1. The van der Waals surface area contributed by atoms with Crippen molar-refractivity contribution in [2.75, 3.05) is 36.0 Å². The number of halogens is 1. The first-order chi connectivity index (χ1) is 15.3. The van der Waals surface area contributed by atoms with Gasteiger partial charge in [-0.15, -0.1) is 0 Å². The molecule has 172 valence electrons. The number of amides is 4. The van der Waals surface area contributed by atoms with Gasteiger partial charge in [-0.1, -0.05) is 12.1 Å². The Morgan fingerprint density at radius 3 is 2.48 bits per heavy atom. The van der Waals surface area contributed by atoms with Gasteiger partial charge in [0.25, 0.3) is 17.5 Å². The minimum absolute atomic E-state index is 0. The van der Waals surface area contributed by atoms with Crippen LogP contribution in [0.15, 0.2) is 48.0 Å². The Morgan fingerprint density at radius 1 is 1.09 bits per heavy atom. The highest BCUT2D eigenvalue weighted by Crippen LogP contribution is 2.29. The molecule has 2 fully saturated rings. The SMILES string of the molecule is Cc1cccc(N2C(=O)NC(=O)/C(=C/c3cc([N+](=O)[O-])ccc3N3CC[NH2+]CC3)C2=O)c1.[Cl-]. The summed E-state index contributed by atoms with van der Waals surface area (Å²) in [6.07, 6.45) is 1.33. The number of non-ortho nitro benzene ring substituents is 1. The Bertz CT molecular complexity index is 1160. The fourth-order valence-corrected chi connectivity index (χ4v) is 3.86. The predicted molar refractivity (Wildman–Crippen MR) is 117 cm³/mol. The van der Waals surface area contributed by atoms with Crippen molar-refractivity contribution in [3.63, 3.8) is 0 Å². The molecule has 0 aromatic heterocycles. The van der Waals surface area contributed by atoms with Gasteiger partial charge < -0.3 is 22.6 Å². The van der Waals surface area contributed by atoms with Crippen LogP contribution in [0.3, 0.4) is 0 Å². The van der Waals surface area contributed by atoms with Crippen molar-refractivity contribution in [2.24, 2.45) is 0 Å². The van der Waals surface area contributed by atoms with Crippen molar-refractivity contribution >= 4 is 41.0 Å². The van der Waals surface area contributed by atoms with Crippen LogP contribution in [0.5, 0.6) is 0 Å². The monoisotopic (exact) mass is 471 g/mol. The lowest BCUT2D eigenvalue weighted by molar-refractivity contribution is -0.655. The van der Waals surface area contributed by atoms with E-state index < -0.39 is 22.8 Å². The number of hydrogen-bond acceptors (Lipinski definition) is 6. The number of anilines is 2. The summed E-state index contributed by atoms with van der Waals surface area (Å²) >= 11 is 0. The summed E-state index contributed by atoms with van der Waals surface area (Å²) in [6.45, 7) is 5.00. The fourth-order valence-electron chi connectivity index (χ4n) is 3.86. The highest BCUT2D eigenvalue weighted by Gasteiger charge is 2.37. The Labute approximate surface area is 195 Å². The van der Waals surface area contributed by atoms with E-state index in [0.717, 1.165) is 36.6 Å². The van der Waals surface area contributed by atoms with E-state index in [1.807, 2.05) is 13.0 Å². The van der Waals surface area contributed by atoms with E-state index >= 15 is 0 Å². The minimum atomic E-state index is -0.840. The summed E-state index contributed by atoms with van der Waals surface area (Å²) in [5.74, 6) is -1.62. The molecular weight excluding hydrogens is 450 g/mol. The fraction of sp³-hybridized carbons (Fsp3) is 0.227. The molecular formula is C22H22ClN5O5. The van der Waals surface area contributed by atoms with Crippen LogP contribution in [-0.4, -0.2) is 48.9 Å². The molecule has 2 saturated heterocycles. The van der Waals surface area contributed by atoms with Crippen LogP contribution in [0.2, 0.25) is 0 Å². The van der Waals surface area contributed by atoms with Gasteiger partial charge in [0.1, 0.15) is 5.57 Å². The second-order valence-corrected chi connectivity index (χ2v) is 7.65. The van der Waals surface area contributed by atoms with E-state index in [1.165, 1.54) is 18.2 Å². The molecule has 11 heteroatoms. The van der Waals surface area contributed by atoms with Crippen LogP contribution < -0.4 is 32.8 Å². The number of nitrogens with one attached hydrogen (secondary N) is 1. The average molecular weight is 472 g/mol. The predicted octanol–water partition coefficient (Wildman–Crippen LogP) is -2.04. The normalized spacial score (nSPS) is 17.6. The van der Waals surface area contributed by atoms with E-state index in [2.05, 4.69) is 15.5 Å². The molecule has 4 rings (SSSR count). The topological polar surface area (TPSA) is 129 Å². The van der Waals surface area contributed by atoms with Gasteiger partial charge in [0.2, 0.25) is 0 Å². The Balaban J connectivity index is 0.00000306. The number of carbonyl (C=O) groups is 3. The smallest absolute Gasteiger partial charge is 0.335 e. The van der Waals surface area contributed by atoms with E-state index in [4.69, 9.17) is 0 Å². The molecule has 0 saturated carbocycles. The van der Waals surface area contributed by atoms with Crippen LogP contribution in [0.1, 0.15) is 11.1 Å². The second-order valence-electron chi connectivity index (χ2n) is 7.65. The molecule has 0 spiro atoms. The van der Waals surface area contributed by atoms with Crippen molar-refractivity contribution < 1.29 is 37.0 Å².